The summed E-state index contributed by atoms with van der Waals surface area (Å²) < 4.78 is 0. The fourth-order valence-electron chi connectivity index (χ4n) is 1.33. The summed E-state index contributed by atoms with van der Waals surface area (Å²) in [5.74, 6) is -0.874. The summed E-state index contributed by atoms with van der Waals surface area (Å²) in [5.41, 5.74) is 5.59. The van der Waals surface area contributed by atoms with Gasteiger partial charge in [-0.1, -0.05) is 11.6 Å². The van der Waals surface area contributed by atoms with Crippen LogP contribution in [-0.2, 0) is 0 Å². The Morgan fingerprint density at radius 3 is 2.87 bits per heavy atom. The predicted octanol–water partition coefficient (Wildman–Crippen LogP) is 1.69. The van der Waals surface area contributed by atoms with E-state index in [1.807, 2.05) is 0 Å². The molecule has 1 aromatic carbocycles. The second-order valence-electron chi connectivity index (χ2n) is 3.05. The Labute approximate surface area is 90.3 Å². The minimum absolute atomic E-state index is 0.00447. The van der Waals surface area contributed by atoms with Crippen LogP contribution in [0.3, 0.4) is 0 Å². The maximum atomic E-state index is 10.9. The van der Waals surface area contributed by atoms with Crippen molar-refractivity contribution < 1.29 is 9.90 Å². The van der Waals surface area contributed by atoms with Crippen molar-refractivity contribution in [2.75, 3.05) is 0 Å². The average Bonchev–Trinajstić information content (AvgIpc) is 2.17. The van der Waals surface area contributed by atoms with Crippen molar-refractivity contribution >= 4 is 28.4 Å². The molecule has 0 unspecified atom stereocenters. The van der Waals surface area contributed by atoms with E-state index in [-0.39, 0.29) is 11.3 Å². The van der Waals surface area contributed by atoms with Crippen molar-refractivity contribution in [3.05, 3.63) is 35.0 Å². The van der Waals surface area contributed by atoms with Gasteiger partial charge in [-0.15, -0.1) is 0 Å². The fraction of sp³-hybridized carbons (Fsp3) is 0. The van der Waals surface area contributed by atoms with E-state index >= 15 is 0 Å². The third-order valence-corrected chi connectivity index (χ3v) is 2.30. The van der Waals surface area contributed by atoms with Crippen molar-refractivity contribution in [3.8, 4) is 5.75 Å². The van der Waals surface area contributed by atoms with Crippen molar-refractivity contribution in [1.82, 2.24) is 4.98 Å². The largest absolute Gasteiger partial charge is 0.506 e. The summed E-state index contributed by atoms with van der Waals surface area (Å²) in [6.07, 6.45) is 1.23. The smallest absolute Gasteiger partial charge is 0.254 e. The second-order valence-corrected chi connectivity index (χ2v) is 3.48. The number of aromatic nitrogens is 1. The molecule has 1 amide bonds. The topological polar surface area (TPSA) is 76.2 Å². The van der Waals surface area contributed by atoms with E-state index in [2.05, 4.69) is 4.98 Å². The van der Waals surface area contributed by atoms with Crippen LogP contribution in [-0.4, -0.2) is 16.0 Å². The molecule has 0 atom stereocenters. The van der Waals surface area contributed by atoms with Gasteiger partial charge >= 0.3 is 0 Å². The monoisotopic (exact) mass is 222 g/mol. The molecule has 1 aromatic heterocycles. The summed E-state index contributed by atoms with van der Waals surface area (Å²) in [4.78, 5) is 14.9. The zero-order valence-electron chi connectivity index (χ0n) is 7.57. The summed E-state index contributed by atoms with van der Waals surface area (Å²) in [6.45, 7) is 0. The molecule has 1 heterocycles. The van der Waals surface area contributed by atoms with E-state index in [9.17, 15) is 9.90 Å². The number of benzene rings is 1. The first kappa shape index (κ1) is 9.73. The Bertz CT molecular complexity index is 554. The van der Waals surface area contributed by atoms with Crippen LogP contribution in [0.15, 0.2) is 24.4 Å². The van der Waals surface area contributed by atoms with Gasteiger partial charge in [-0.2, -0.15) is 0 Å². The number of carbonyl (C=O) groups is 1. The zero-order chi connectivity index (χ0) is 11.0. The highest BCUT2D eigenvalue weighted by atomic mass is 35.5. The van der Waals surface area contributed by atoms with Crippen LogP contribution in [0.4, 0.5) is 0 Å². The molecule has 0 saturated carbocycles. The van der Waals surface area contributed by atoms with E-state index in [0.29, 0.717) is 15.9 Å². The fourth-order valence-corrected chi connectivity index (χ4v) is 1.50. The molecule has 0 aliphatic rings. The molecule has 0 aliphatic heterocycles. The van der Waals surface area contributed by atoms with Gasteiger partial charge in [-0.05, 0) is 18.2 Å². The van der Waals surface area contributed by atoms with Crippen LogP contribution in [0.2, 0.25) is 5.02 Å². The van der Waals surface area contributed by atoms with Gasteiger partial charge in [-0.3, -0.25) is 9.78 Å². The molecule has 4 nitrogen and oxygen atoms in total. The number of pyridine rings is 1. The van der Waals surface area contributed by atoms with Crippen LogP contribution in [0.25, 0.3) is 10.9 Å². The Morgan fingerprint density at radius 1 is 1.47 bits per heavy atom. The summed E-state index contributed by atoms with van der Waals surface area (Å²) in [7, 11) is 0. The standard InChI is InChI=1S/C10H7ClN2O2/c11-5-1-2-6-8(3-5)13-4-7(9(6)14)10(12)15/h1-4H,(H2,12,15)(H,13,14). The minimum atomic E-state index is -0.711. The molecule has 2 rings (SSSR count). The molecular formula is C10H7ClN2O2. The first-order valence-corrected chi connectivity index (χ1v) is 4.54. The van der Waals surface area contributed by atoms with Crippen LogP contribution in [0.1, 0.15) is 10.4 Å². The molecule has 0 radical (unpaired) electrons. The van der Waals surface area contributed by atoms with E-state index in [4.69, 9.17) is 17.3 Å². The number of amides is 1. The maximum Gasteiger partial charge on any atom is 0.254 e. The number of hydrogen-bond donors (Lipinski definition) is 2. The van der Waals surface area contributed by atoms with Gasteiger partial charge in [0.2, 0.25) is 0 Å². The van der Waals surface area contributed by atoms with Crippen molar-refractivity contribution in [3.63, 3.8) is 0 Å². The van der Waals surface area contributed by atoms with Gasteiger partial charge in [0.05, 0.1) is 11.1 Å². The van der Waals surface area contributed by atoms with E-state index in [0.717, 1.165) is 0 Å². The number of halogens is 1. The number of nitrogens with zero attached hydrogens (tertiary/aromatic N) is 1. The Morgan fingerprint density at radius 2 is 2.20 bits per heavy atom. The normalized spacial score (nSPS) is 10.5. The van der Waals surface area contributed by atoms with E-state index in [1.54, 1.807) is 18.2 Å². The highest BCUT2D eigenvalue weighted by Gasteiger charge is 2.11. The molecule has 0 saturated heterocycles. The van der Waals surface area contributed by atoms with Gasteiger partial charge < -0.3 is 10.8 Å². The van der Waals surface area contributed by atoms with Gasteiger partial charge in [0, 0.05) is 16.6 Å². The van der Waals surface area contributed by atoms with Crippen molar-refractivity contribution in [2.45, 2.75) is 0 Å². The Kier molecular flexibility index (Phi) is 2.21. The lowest BCUT2D eigenvalue weighted by molar-refractivity contribution is 0.0997. The highest BCUT2D eigenvalue weighted by molar-refractivity contribution is 6.31. The first-order chi connectivity index (χ1) is 7.09. The van der Waals surface area contributed by atoms with Crippen LogP contribution in [0, 0.1) is 0 Å². The molecule has 2 aromatic rings. The number of rotatable bonds is 1. The zero-order valence-corrected chi connectivity index (χ0v) is 8.32. The number of primary amides is 1. The minimum Gasteiger partial charge on any atom is -0.506 e. The van der Waals surface area contributed by atoms with Crippen molar-refractivity contribution in [1.29, 1.82) is 0 Å². The molecule has 3 N–H and O–H groups in total. The lowest BCUT2D eigenvalue weighted by Crippen LogP contribution is -2.11. The van der Waals surface area contributed by atoms with E-state index in [1.165, 1.54) is 6.20 Å². The highest BCUT2D eigenvalue weighted by Crippen LogP contribution is 2.28. The quantitative estimate of drug-likeness (QED) is 0.771. The van der Waals surface area contributed by atoms with Gasteiger partial charge in [-0.25, -0.2) is 0 Å². The van der Waals surface area contributed by atoms with Gasteiger partial charge in [0.15, 0.2) is 0 Å². The third-order valence-electron chi connectivity index (χ3n) is 2.07. The van der Waals surface area contributed by atoms with Gasteiger partial charge in [0.1, 0.15) is 5.75 Å². The molecular weight excluding hydrogens is 216 g/mol. The molecule has 0 spiro atoms. The lowest BCUT2D eigenvalue weighted by atomic mass is 10.1. The number of fused-ring (bicyclic) bond motifs is 1. The first-order valence-electron chi connectivity index (χ1n) is 4.16. The molecule has 0 bridgehead atoms. The molecule has 76 valence electrons. The average molecular weight is 223 g/mol. The summed E-state index contributed by atoms with van der Waals surface area (Å²) in [5, 5.41) is 10.7. The van der Waals surface area contributed by atoms with Crippen LogP contribution in [0.5, 0.6) is 5.75 Å². The summed E-state index contributed by atoms with van der Waals surface area (Å²) >= 11 is 5.76. The predicted molar refractivity (Wildman–Crippen MR) is 56.9 cm³/mol. The van der Waals surface area contributed by atoms with Crippen molar-refractivity contribution in [2.24, 2.45) is 5.73 Å². The Hall–Kier alpha value is -1.81. The second kappa shape index (κ2) is 3.40. The summed E-state index contributed by atoms with van der Waals surface area (Å²) in [6, 6.07) is 4.80. The number of carbonyl (C=O) groups excluding carboxylic acids is 1. The van der Waals surface area contributed by atoms with Gasteiger partial charge in [0.25, 0.3) is 5.91 Å². The molecule has 15 heavy (non-hydrogen) atoms. The molecule has 0 aliphatic carbocycles. The number of hydrogen-bond acceptors (Lipinski definition) is 3. The Balaban J connectivity index is 2.80. The molecule has 5 heteroatoms. The number of aromatic hydroxyl groups is 1. The number of nitrogens with two attached hydrogens (primary N) is 1. The maximum absolute atomic E-state index is 10.9. The van der Waals surface area contributed by atoms with Crippen LogP contribution < -0.4 is 5.73 Å². The van der Waals surface area contributed by atoms with E-state index < -0.39 is 5.91 Å². The SMILES string of the molecule is NC(=O)c1cnc2cc(Cl)ccc2c1O. The van der Waals surface area contributed by atoms with Crippen LogP contribution >= 0.6 is 11.6 Å². The molecule has 0 fully saturated rings. The lowest BCUT2D eigenvalue weighted by Gasteiger charge is -2.04. The third kappa shape index (κ3) is 1.59.